The molecule has 2 heterocycles. The van der Waals surface area contributed by atoms with E-state index in [0.717, 1.165) is 22.2 Å². The third-order valence-corrected chi connectivity index (χ3v) is 2.56. The summed E-state index contributed by atoms with van der Waals surface area (Å²) in [5.74, 6) is 6.14. The Morgan fingerprint density at radius 2 is 2.12 bits per heavy atom. The van der Waals surface area contributed by atoms with Gasteiger partial charge in [0.15, 0.2) is 11.5 Å². The first kappa shape index (κ1) is 9.11. The van der Waals surface area contributed by atoms with Crippen LogP contribution in [0.15, 0.2) is 30.3 Å². The highest BCUT2D eigenvalue weighted by molar-refractivity contribution is 5.91. The summed E-state index contributed by atoms with van der Waals surface area (Å²) in [6.07, 6.45) is 0. The molecule has 5 heteroatoms. The summed E-state index contributed by atoms with van der Waals surface area (Å²) < 4.78 is 1.82. The van der Waals surface area contributed by atoms with Crippen molar-refractivity contribution in [3.63, 3.8) is 0 Å². The molecule has 0 fully saturated rings. The van der Waals surface area contributed by atoms with E-state index in [1.807, 2.05) is 41.8 Å². The second-order valence-corrected chi connectivity index (χ2v) is 3.68. The second kappa shape index (κ2) is 3.18. The van der Waals surface area contributed by atoms with E-state index in [1.54, 1.807) is 0 Å². The van der Waals surface area contributed by atoms with Gasteiger partial charge < -0.3 is 5.43 Å². The standard InChI is InChI=1S/C11H11N5/c1-7-6-10-13-11(14-12)8-4-2-3-5-9(8)16(10)15-7/h2-6H,12H2,1H3,(H,13,14). The minimum absolute atomic E-state index is 0.669. The topological polar surface area (TPSA) is 68.2 Å². The molecule has 1 aromatic carbocycles. The minimum Gasteiger partial charge on any atom is -0.308 e. The summed E-state index contributed by atoms with van der Waals surface area (Å²) in [7, 11) is 0. The lowest BCUT2D eigenvalue weighted by atomic mass is 10.2. The van der Waals surface area contributed by atoms with Crippen LogP contribution in [0, 0.1) is 6.92 Å². The SMILES string of the molecule is Cc1cc2nc(NN)c3ccccc3n2n1. The van der Waals surface area contributed by atoms with Gasteiger partial charge in [-0.3, -0.25) is 0 Å². The quantitative estimate of drug-likeness (QED) is 0.474. The maximum atomic E-state index is 5.47. The van der Waals surface area contributed by atoms with Gasteiger partial charge in [0, 0.05) is 11.5 Å². The van der Waals surface area contributed by atoms with Crippen LogP contribution in [0.4, 0.5) is 5.82 Å². The van der Waals surface area contributed by atoms with E-state index in [2.05, 4.69) is 15.5 Å². The van der Waals surface area contributed by atoms with Crippen LogP contribution in [0.3, 0.4) is 0 Å². The van der Waals surface area contributed by atoms with Gasteiger partial charge in [-0.25, -0.2) is 15.3 Å². The lowest BCUT2D eigenvalue weighted by Crippen LogP contribution is -2.10. The molecule has 3 aromatic rings. The molecule has 0 saturated heterocycles. The van der Waals surface area contributed by atoms with Crippen molar-refractivity contribution < 1.29 is 0 Å². The van der Waals surface area contributed by atoms with Crippen LogP contribution in [0.2, 0.25) is 0 Å². The van der Waals surface area contributed by atoms with Gasteiger partial charge in [0.25, 0.3) is 0 Å². The number of nitrogens with zero attached hydrogens (tertiary/aromatic N) is 3. The molecule has 0 aliphatic heterocycles. The van der Waals surface area contributed by atoms with E-state index in [9.17, 15) is 0 Å². The van der Waals surface area contributed by atoms with Crippen molar-refractivity contribution in [2.45, 2.75) is 6.92 Å². The lowest BCUT2D eigenvalue weighted by Gasteiger charge is -2.06. The Kier molecular flexibility index (Phi) is 1.81. The zero-order chi connectivity index (χ0) is 11.1. The monoisotopic (exact) mass is 213 g/mol. The van der Waals surface area contributed by atoms with Crippen LogP contribution in [-0.2, 0) is 0 Å². The predicted molar refractivity (Wildman–Crippen MR) is 63.0 cm³/mol. The van der Waals surface area contributed by atoms with E-state index in [4.69, 9.17) is 5.84 Å². The van der Waals surface area contributed by atoms with E-state index in [1.165, 1.54) is 0 Å². The fourth-order valence-corrected chi connectivity index (χ4v) is 1.89. The van der Waals surface area contributed by atoms with Gasteiger partial charge in [-0.15, -0.1) is 0 Å². The minimum atomic E-state index is 0.669. The summed E-state index contributed by atoms with van der Waals surface area (Å²) in [6, 6.07) is 9.81. The van der Waals surface area contributed by atoms with Crippen molar-refractivity contribution >= 4 is 22.4 Å². The van der Waals surface area contributed by atoms with Crippen molar-refractivity contribution in [2.75, 3.05) is 5.43 Å². The summed E-state index contributed by atoms with van der Waals surface area (Å²) in [5, 5.41) is 5.36. The molecule has 0 aliphatic rings. The van der Waals surface area contributed by atoms with Gasteiger partial charge in [-0.05, 0) is 19.1 Å². The number of nitrogen functional groups attached to an aromatic ring is 1. The van der Waals surface area contributed by atoms with Gasteiger partial charge in [-0.1, -0.05) is 12.1 Å². The molecule has 80 valence electrons. The van der Waals surface area contributed by atoms with Crippen molar-refractivity contribution in [1.29, 1.82) is 0 Å². The van der Waals surface area contributed by atoms with E-state index in [-0.39, 0.29) is 0 Å². The third-order valence-electron chi connectivity index (χ3n) is 2.56. The van der Waals surface area contributed by atoms with E-state index < -0.39 is 0 Å². The van der Waals surface area contributed by atoms with Crippen LogP contribution < -0.4 is 11.3 Å². The largest absolute Gasteiger partial charge is 0.308 e. The Labute approximate surface area is 91.9 Å². The fourth-order valence-electron chi connectivity index (χ4n) is 1.89. The molecule has 16 heavy (non-hydrogen) atoms. The molecule has 0 radical (unpaired) electrons. The third kappa shape index (κ3) is 1.15. The summed E-state index contributed by atoms with van der Waals surface area (Å²) in [4.78, 5) is 4.41. The maximum absolute atomic E-state index is 5.47. The summed E-state index contributed by atoms with van der Waals surface area (Å²) in [6.45, 7) is 1.94. The average molecular weight is 213 g/mol. The first-order chi connectivity index (χ1) is 7.79. The molecule has 3 N–H and O–H groups in total. The van der Waals surface area contributed by atoms with Crippen LogP contribution in [0.25, 0.3) is 16.6 Å². The zero-order valence-corrected chi connectivity index (χ0v) is 8.81. The summed E-state index contributed by atoms with van der Waals surface area (Å²) in [5.41, 5.74) is 5.35. The first-order valence-electron chi connectivity index (χ1n) is 5.01. The van der Waals surface area contributed by atoms with Crippen molar-refractivity contribution in [3.05, 3.63) is 36.0 Å². The molecule has 5 nitrogen and oxygen atoms in total. The first-order valence-corrected chi connectivity index (χ1v) is 5.01. The number of nitrogens with two attached hydrogens (primary N) is 1. The van der Waals surface area contributed by atoms with Crippen molar-refractivity contribution in [3.8, 4) is 0 Å². The highest BCUT2D eigenvalue weighted by atomic mass is 15.3. The van der Waals surface area contributed by atoms with E-state index >= 15 is 0 Å². The second-order valence-electron chi connectivity index (χ2n) is 3.68. The van der Waals surface area contributed by atoms with Crippen LogP contribution in [0.1, 0.15) is 5.69 Å². The Bertz CT molecular complexity index is 670. The molecule has 0 atom stereocenters. The van der Waals surface area contributed by atoms with Gasteiger partial charge in [0.2, 0.25) is 0 Å². The molecule has 0 unspecified atom stereocenters. The zero-order valence-electron chi connectivity index (χ0n) is 8.81. The molecular weight excluding hydrogens is 202 g/mol. The lowest BCUT2D eigenvalue weighted by molar-refractivity contribution is 0.956. The number of benzene rings is 1. The normalized spacial score (nSPS) is 11.1. The number of nitrogens with one attached hydrogen (secondary N) is 1. The molecule has 0 spiro atoms. The molecule has 0 amide bonds. The summed E-state index contributed by atoms with van der Waals surface area (Å²) >= 11 is 0. The highest BCUT2D eigenvalue weighted by Crippen LogP contribution is 2.22. The average Bonchev–Trinajstić information content (AvgIpc) is 2.68. The fraction of sp³-hybridized carbons (Fsp3) is 0.0909. The molecule has 2 aromatic heterocycles. The van der Waals surface area contributed by atoms with Gasteiger partial charge >= 0.3 is 0 Å². The molecular formula is C11H11N5. The predicted octanol–water partition coefficient (Wildman–Crippen LogP) is 1.48. The Morgan fingerprint density at radius 1 is 1.31 bits per heavy atom. The molecule has 0 bridgehead atoms. The number of anilines is 1. The smallest absolute Gasteiger partial charge is 0.158 e. The van der Waals surface area contributed by atoms with Gasteiger partial charge in [0.05, 0.1) is 11.2 Å². The Balaban J connectivity index is 2.56. The Morgan fingerprint density at radius 3 is 2.94 bits per heavy atom. The number of para-hydroxylation sites is 1. The van der Waals surface area contributed by atoms with Crippen LogP contribution in [-0.4, -0.2) is 14.6 Å². The number of aryl methyl sites for hydroxylation is 1. The number of rotatable bonds is 1. The number of aromatic nitrogens is 3. The van der Waals surface area contributed by atoms with Crippen molar-refractivity contribution in [2.24, 2.45) is 5.84 Å². The number of fused-ring (bicyclic) bond motifs is 3. The van der Waals surface area contributed by atoms with Gasteiger partial charge in [0.1, 0.15) is 0 Å². The van der Waals surface area contributed by atoms with Crippen LogP contribution in [0.5, 0.6) is 0 Å². The van der Waals surface area contributed by atoms with Crippen LogP contribution >= 0.6 is 0 Å². The van der Waals surface area contributed by atoms with Gasteiger partial charge in [-0.2, -0.15) is 5.10 Å². The molecule has 3 rings (SSSR count). The number of hydrogen-bond acceptors (Lipinski definition) is 4. The maximum Gasteiger partial charge on any atom is 0.158 e. The molecule has 0 saturated carbocycles. The highest BCUT2D eigenvalue weighted by Gasteiger charge is 2.08. The van der Waals surface area contributed by atoms with E-state index in [0.29, 0.717) is 5.82 Å². The number of hydrogen-bond donors (Lipinski definition) is 2. The van der Waals surface area contributed by atoms with Crippen molar-refractivity contribution in [1.82, 2.24) is 14.6 Å². The molecule has 0 aliphatic carbocycles. The number of hydrazine groups is 1. The Hall–Kier alpha value is -2.14.